The van der Waals surface area contributed by atoms with Gasteiger partial charge in [-0.1, -0.05) is 78.1 Å². The van der Waals surface area contributed by atoms with Gasteiger partial charge in [-0.2, -0.15) is 0 Å². The largest absolute Gasteiger partial charge is 0.143 e. The van der Waals surface area contributed by atoms with E-state index in [1.807, 2.05) is 45.3 Å². The van der Waals surface area contributed by atoms with Crippen LogP contribution >= 0.6 is 45.3 Å². The Morgan fingerprint density at radius 3 is 1.33 bits per heavy atom. The van der Waals surface area contributed by atoms with Crippen LogP contribution in [0.3, 0.4) is 0 Å². The topological polar surface area (TPSA) is 0 Å². The Hall–Kier alpha value is -1.20. The van der Waals surface area contributed by atoms with Gasteiger partial charge in [-0.3, -0.25) is 0 Å². The van der Waals surface area contributed by atoms with E-state index in [1.165, 1.54) is 129 Å². The molecule has 0 nitrogen and oxygen atoms in total. The highest BCUT2D eigenvalue weighted by atomic mass is 32.1. The summed E-state index contributed by atoms with van der Waals surface area (Å²) in [5.41, 5.74) is 3.14. The molecule has 0 amide bonds. The second-order valence-corrected chi connectivity index (χ2v) is 15.1. The lowest BCUT2D eigenvalue weighted by atomic mass is 10.1. The Kier molecular flexibility index (Phi) is 13.9. The second kappa shape index (κ2) is 17.6. The molecule has 0 saturated carbocycles. The van der Waals surface area contributed by atoms with Crippen LogP contribution in [0.1, 0.15) is 118 Å². The van der Waals surface area contributed by atoms with Crippen molar-refractivity contribution >= 4 is 45.3 Å². The van der Waals surface area contributed by atoms with Crippen molar-refractivity contribution in [2.75, 3.05) is 0 Å². The lowest BCUT2D eigenvalue weighted by molar-refractivity contribution is 0.608. The third-order valence-electron chi connectivity index (χ3n) is 7.71. The number of hydrogen-bond acceptors (Lipinski definition) is 4. The van der Waals surface area contributed by atoms with Crippen LogP contribution in [0.2, 0.25) is 0 Å². The summed E-state index contributed by atoms with van der Waals surface area (Å²) in [6, 6.07) is 14.3. The Morgan fingerprint density at radius 2 is 0.872 bits per heavy atom. The maximum atomic E-state index is 2.38. The molecule has 0 aromatic carbocycles. The molecule has 39 heavy (non-hydrogen) atoms. The van der Waals surface area contributed by atoms with Gasteiger partial charge in [0.05, 0.1) is 0 Å². The van der Waals surface area contributed by atoms with Crippen LogP contribution in [0.5, 0.6) is 0 Å². The normalized spacial score (nSPS) is 11.5. The van der Waals surface area contributed by atoms with E-state index in [2.05, 4.69) is 61.0 Å². The molecule has 0 N–H and O–H groups in total. The van der Waals surface area contributed by atoms with Crippen molar-refractivity contribution in [3.63, 3.8) is 0 Å². The van der Waals surface area contributed by atoms with Gasteiger partial charge < -0.3 is 0 Å². The molecule has 4 heterocycles. The standard InChI is InChI=1S/C35H48S4/c1-3-5-7-9-11-13-16-28-24-26-36-34(28)32-22-20-30(38-32)18-15-19-31-21-23-33(39-31)35-29(25-27-37-35)17-14-12-10-8-6-4-2/h20-27H,3-19H2,1-2H3. The summed E-state index contributed by atoms with van der Waals surface area (Å²) in [7, 11) is 0. The van der Waals surface area contributed by atoms with Gasteiger partial charge in [-0.25, -0.2) is 0 Å². The Balaban J connectivity index is 1.21. The number of hydrogen-bond donors (Lipinski definition) is 0. The molecule has 0 aliphatic heterocycles. The van der Waals surface area contributed by atoms with Crippen molar-refractivity contribution < 1.29 is 0 Å². The zero-order chi connectivity index (χ0) is 27.1. The highest BCUT2D eigenvalue weighted by Crippen LogP contribution is 2.38. The fourth-order valence-corrected chi connectivity index (χ4v) is 9.73. The van der Waals surface area contributed by atoms with Crippen molar-refractivity contribution in [2.24, 2.45) is 0 Å². The van der Waals surface area contributed by atoms with Gasteiger partial charge in [-0.15, -0.1) is 45.3 Å². The fourth-order valence-electron chi connectivity index (χ4n) is 5.39. The minimum Gasteiger partial charge on any atom is -0.143 e. The minimum absolute atomic E-state index is 1.19. The lowest BCUT2D eigenvalue weighted by Gasteiger charge is -2.03. The summed E-state index contributed by atoms with van der Waals surface area (Å²) in [4.78, 5) is 9.09. The number of thiophene rings is 4. The van der Waals surface area contributed by atoms with Gasteiger partial charge in [0.25, 0.3) is 0 Å². The number of rotatable bonds is 20. The summed E-state index contributed by atoms with van der Waals surface area (Å²) >= 11 is 7.92. The zero-order valence-electron chi connectivity index (χ0n) is 24.3. The molecule has 4 aromatic rings. The molecule has 0 bridgehead atoms. The van der Waals surface area contributed by atoms with Crippen molar-refractivity contribution in [2.45, 2.75) is 123 Å². The van der Waals surface area contributed by atoms with E-state index in [4.69, 9.17) is 0 Å². The van der Waals surface area contributed by atoms with E-state index < -0.39 is 0 Å². The van der Waals surface area contributed by atoms with Gasteiger partial charge in [0.15, 0.2) is 0 Å². The van der Waals surface area contributed by atoms with E-state index in [9.17, 15) is 0 Å². The van der Waals surface area contributed by atoms with Crippen LogP contribution in [-0.2, 0) is 25.7 Å². The molecule has 4 rings (SSSR count). The Bertz CT molecular complexity index is 1090. The van der Waals surface area contributed by atoms with Gasteiger partial charge in [0, 0.05) is 29.3 Å². The molecular weight excluding hydrogens is 549 g/mol. The smallest absolute Gasteiger partial charge is 0.0474 e. The molecule has 0 aliphatic rings. The van der Waals surface area contributed by atoms with Crippen LogP contribution in [0.15, 0.2) is 47.2 Å². The molecule has 0 atom stereocenters. The molecule has 212 valence electrons. The summed E-state index contributed by atoms with van der Waals surface area (Å²) < 4.78 is 0. The van der Waals surface area contributed by atoms with Crippen LogP contribution < -0.4 is 0 Å². The first-order valence-electron chi connectivity index (χ1n) is 15.6. The number of aryl methyl sites for hydroxylation is 4. The minimum atomic E-state index is 1.19. The molecule has 0 spiro atoms. The van der Waals surface area contributed by atoms with Crippen molar-refractivity contribution in [3.8, 4) is 19.5 Å². The molecule has 0 aliphatic carbocycles. The van der Waals surface area contributed by atoms with Crippen molar-refractivity contribution in [1.82, 2.24) is 0 Å². The highest BCUT2D eigenvalue weighted by molar-refractivity contribution is 7.22. The van der Waals surface area contributed by atoms with Gasteiger partial charge in [-0.05, 0) is 103 Å². The third-order valence-corrected chi connectivity index (χ3v) is 12.3. The van der Waals surface area contributed by atoms with Gasteiger partial charge >= 0.3 is 0 Å². The van der Waals surface area contributed by atoms with Crippen LogP contribution in [0, 0.1) is 0 Å². The van der Waals surface area contributed by atoms with Crippen LogP contribution in [0.25, 0.3) is 19.5 Å². The Labute approximate surface area is 254 Å². The average Bonchev–Trinajstić information content (AvgIpc) is 3.75. The summed E-state index contributed by atoms with van der Waals surface area (Å²) in [6.45, 7) is 4.59. The van der Waals surface area contributed by atoms with E-state index in [1.54, 1.807) is 20.9 Å². The van der Waals surface area contributed by atoms with Gasteiger partial charge in [0.2, 0.25) is 0 Å². The molecular formula is C35H48S4. The van der Waals surface area contributed by atoms with Crippen molar-refractivity contribution in [1.29, 1.82) is 0 Å². The quantitative estimate of drug-likeness (QED) is 0.0890. The first-order chi connectivity index (χ1) is 19.3. The average molecular weight is 597 g/mol. The van der Waals surface area contributed by atoms with Crippen molar-refractivity contribution in [3.05, 3.63) is 68.0 Å². The number of unbranched alkanes of at least 4 members (excludes halogenated alkanes) is 10. The van der Waals surface area contributed by atoms with E-state index in [-0.39, 0.29) is 0 Å². The molecule has 0 unspecified atom stereocenters. The van der Waals surface area contributed by atoms with E-state index in [0.717, 1.165) is 0 Å². The second-order valence-electron chi connectivity index (χ2n) is 11.0. The summed E-state index contributed by atoms with van der Waals surface area (Å²) in [6.07, 6.45) is 22.6. The first kappa shape index (κ1) is 30.8. The van der Waals surface area contributed by atoms with Crippen LogP contribution in [-0.4, -0.2) is 0 Å². The van der Waals surface area contributed by atoms with E-state index >= 15 is 0 Å². The predicted molar refractivity (Wildman–Crippen MR) is 181 cm³/mol. The zero-order valence-corrected chi connectivity index (χ0v) is 27.5. The predicted octanol–water partition coefficient (Wildman–Crippen LogP) is 13.2. The van der Waals surface area contributed by atoms with Crippen LogP contribution in [0.4, 0.5) is 0 Å². The SMILES string of the molecule is CCCCCCCCc1ccsc1-c1ccc(CCCc2ccc(-c3sccc3CCCCCCCC)s2)s1. The highest BCUT2D eigenvalue weighted by Gasteiger charge is 2.12. The molecule has 4 heteroatoms. The third kappa shape index (κ3) is 9.99. The lowest BCUT2D eigenvalue weighted by Crippen LogP contribution is -1.86. The summed E-state index contributed by atoms with van der Waals surface area (Å²) in [5.74, 6) is 0. The summed E-state index contributed by atoms with van der Waals surface area (Å²) in [5, 5.41) is 4.59. The monoisotopic (exact) mass is 596 g/mol. The van der Waals surface area contributed by atoms with E-state index in [0.29, 0.717) is 0 Å². The first-order valence-corrected chi connectivity index (χ1v) is 19.0. The molecule has 0 fully saturated rings. The molecule has 0 saturated heterocycles. The maximum Gasteiger partial charge on any atom is 0.0474 e. The molecule has 0 radical (unpaired) electrons. The fraction of sp³-hybridized carbons (Fsp3) is 0.543. The Morgan fingerprint density at radius 1 is 0.436 bits per heavy atom. The molecule has 4 aromatic heterocycles. The maximum absolute atomic E-state index is 2.38. The van der Waals surface area contributed by atoms with Gasteiger partial charge in [0.1, 0.15) is 0 Å².